The second-order valence-corrected chi connectivity index (χ2v) is 7.74. The van der Waals surface area contributed by atoms with E-state index in [1.54, 1.807) is 11.3 Å². The van der Waals surface area contributed by atoms with Gasteiger partial charge in [0.1, 0.15) is 0 Å². The van der Waals surface area contributed by atoms with Crippen LogP contribution in [0.2, 0.25) is 5.02 Å². The molecule has 0 aliphatic carbocycles. The highest BCUT2D eigenvalue weighted by Gasteiger charge is 2.08. The van der Waals surface area contributed by atoms with Crippen molar-refractivity contribution < 1.29 is 0 Å². The summed E-state index contributed by atoms with van der Waals surface area (Å²) >= 11 is 14.7. The van der Waals surface area contributed by atoms with E-state index in [0.717, 1.165) is 19.8 Å². The van der Waals surface area contributed by atoms with Crippen LogP contribution in [0.3, 0.4) is 0 Å². The number of rotatable bonds is 4. The highest BCUT2D eigenvalue weighted by atomic mass is 79.9. The van der Waals surface area contributed by atoms with Crippen LogP contribution < -0.4 is 5.32 Å². The van der Waals surface area contributed by atoms with Crippen LogP contribution >= 0.6 is 54.8 Å². The summed E-state index contributed by atoms with van der Waals surface area (Å²) < 4.78 is 2.24. The van der Waals surface area contributed by atoms with Crippen molar-refractivity contribution in [3.63, 3.8) is 0 Å². The molecule has 1 aromatic heterocycles. The molecule has 2 rings (SSSR count). The summed E-state index contributed by atoms with van der Waals surface area (Å²) in [5.41, 5.74) is 1.21. The average molecular weight is 410 g/mol. The molecule has 2 aromatic rings. The lowest BCUT2D eigenvalue weighted by atomic mass is 10.1. The topological polar surface area (TPSA) is 12.0 Å². The van der Waals surface area contributed by atoms with E-state index in [-0.39, 0.29) is 6.04 Å². The number of hydrogen-bond acceptors (Lipinski definition) is 2. The van der Waals surface area contributed by atoms with Crippen molar-refractivity contribution in [1.29, 1.82) is 0 Å². The molecule has 5 heteroatoms. The van der Waals surface area contributed by atoms with Crippen molar-refractivity contribution in [3.8, 4) is 0 Å². The van der Waals surface area contributed by atoms with Crippen LogP contribution in [0, 0.1) is 0 Å². The van der Waals surface area contributed by atoms with E-state index in [2.05, 4.69) is 56.2 Å². The lowest BCUT2D eigenvalue weighted by Crippen LogP contribution is -2.17. The molecule has 0 aliphatic heterocycles. The molecule has 0 spiro atoms. The second-order valence-electron chi connectivity index (χ2n) is 3.99. The van der Waals surface area contributed by atoms with E-state index in [4.69, 9.17) is 11.6 Å². The molecule has 96 valence electrons. The number of nitrogens with one attached hydrogen (secondary N) is 1. The monoisotopic (exact) mass is 407 g/mol. The van der Waals surface area contributed by atoms with Gasteiger partial charge in [-0.3, -0.25) is 0 Å². The fourth-order valence-corrected chi connectivity index (χ4v) is 3.95. The van der Waals surface area contributed by atoms with Crippen LogP contribution in [-0.2, 0) is 6.54 Å². The Labute approximate surface area is 133 Å². The van der Waals surface area contributed by atoms with Gasteiger partial charge in [-0.25, -0.2) is 0 Å². The number of thiophene rings is 1. The standard InChI is InChI=1S/C13H12Br2ClNS/c1-8(9-3-2-4-10(16)5-9)17-7-11-6-12(14)13(15)18-11/h2-6,8,17H,7H2,1H3. The summed E-state index contributed by atoms with van der Waals surface area (Å²) in [5.74, 6) is 0. The van der Waals surface area contributed by atoms with E-state index < -0.39 is 0 Å². The normalized spacial score (nSPS) is 12.7. The van der Waals surface area contributed by atoms with E-state index in [0.29, 0.717) is 0 Å². The molecule has 0 saturated heterocycles. The van der Waals surface area contributed by atoms with E-state index in [9.17, 15) is 0 Å². The van der Waals surface area contributed by atoms with Gasteiger partial charge in [0.05, 0.1) is 3.79 Å². The molecule has 1 nitrogen and oxygen atoms in total. The minimum atomic E-state index is 0.281. The molecule has 1 aromatic carbocycles. The van der Waals surface area contributed by atoms with Crippen molar-refractivity contribution in [2.24, 2.45) is 0 Å². The average Bonchev–Trinajstić information content (AvgIpc) is 2.66. The number of benzene rings is 1. The molecule has 0 radical (unpaired) electrons. The SMILES string of the molecule is CC(NCc1cc(Br)c(Br)s1)c1cccc(Cl)c1. The Kier molecular flexibility index (Phi) is 5.27. The van der Waals surface area contributed by atoms with Crippen LogP contribution in [0.15, 0.2) is 38.6 Å². The van der Waals surface area contributed by atoms with E-state index in [1.807, 2.05) is 18.2 Å². The first kappa shape index (κ1) is 14.5. The molecule has 18 heavy (non-hydrogen) atoms. The summed E-state index contributed by atoms with van der Waals surface area (Å²) in [5, 5.41) is 4.27. The van der Waals surface area contributed by atoms with Crippen LogP contribution in [0.5, 0.6) is 0 Å². The molecular formula is C13H12Br2ClNS. The minimum absolute atomic E-state index is 0.281. The van der Waals surface area contributed by atoms with Gasteiger partial charge in [-0.05, 0) is 62.5 Å². The third-order valence-electron chi connectivity index (χ3n) is 2.63. The lowest BCUT2D eigenvalue weighted by Gasteiger charge is -2.13. The van der Waals surface area contributed by atoms with Crippen LogP contribution in [0.25, 0.3) is 0 Å². The summed E-state index contributed by atoms with van der Waals surface area (Å²) in [6.45, 7) is 2.99. The van der Waals surface area contributed by atoms with Gasteiger partial charge in [-0.2, -0.15) is 0 Å². The van der Waals surface area contributed by atoms with Gasteiger partial charge in [-0.15, -0.1) is 11.3 Å². The maximum atomic E-state index is 5.99. The maximum absolute atomic E-state index is 5.99. The van der Waals surface area contributed by atoms with Crippen LogP contribution in [0.4, 0.5) is 0 Å². The van der Waals surface area contributed by atoms with Gasteiger partial charge in [0.15, 0.2) is 0 Å². The predicted molar refractivity (Wildman–Crippen MR) is 86.4 cm³/mol. The van der Waals surface area contributed by atoms with Crippen molar-refractivity contribution >= 4 is 54.8 Å². The Bertz CT molecular complexity index is 522. The Morgan fingerprint density at radius 1 is 1.33 bits per heavy atom. The smallest absolute Gasteiger partial charge is 0.0843 e. The Morgan fingerprint density at radius 3 is 2.72 bits per heavy atom. The highest BCUT2D eigenvalue weighted by molar-refractivity contribution is 9.13. The third kappa shape index (κ3) is 3.81. The zero-order valence-corrected chi connectivity index (χ0v) is 14.5. The first-order valence-electron chi connectivity index (χ1n) is 5.49. The van der Waals surface area contributed by atoms with Crippen molar-refractivity contribution in [2.45, 2.75) is 19.5 Å². The second kappa shape index (κ2) is 6.53. The van der Waals surface area contributed by atoms with Crippen molar-refractivity contribution in [2.75, 3.05) is 0 Å². The zero-order chi connectivity index (χ0) is 13.1. The highest BCUT2D eigenvalue weighted by Crippen LogP contribution is 2.32. The largest absolute Gasteiger partial charge is 0.305 e. The van der Waals surface area contributed by atoms with Gasteiger partial charge in [-0.1, -0.05) is 23.7 Å². The van der Waals surface area contributed by atoms with Crippen LogP contribution in [0.1, 0.15) is 23.4 Å². The Hall–Kier alpha value is 0.130. The summed E-state index contributed by atoms with van der Waals surface area (Å²) in [7, 11) is 0. The van der Waals surface area contributed by atoms with Crippen molar-refractivity contribution in [1.82, 2.24) is 5.32 Å². The van der Waals surface area contributed by atoms with Gasteiger partial charge in [0, 0.05) is 27.0 Å². The maximum Gasteiger partial charge on any atom is 0.0843 e. The first-order valence-corrected chi connectivity index (χ1v) is 8.27. The summed E-state index contributed by atoms with van der Waals surface area (Å²) in [6, 6.07) is 10.4. The molecule has 1 atom stereocenters. The Morgan fingerprint density at radius 2 is 2.11 bits per heavy atom. The van der Waals surface area contributed by atoms with E-state index in [1.165, 1.54) is 10.4 Å². The fourth-order valence-electron chi connectivity index (χ4n) is 1.63. The molecule has 0 fully saturated rings. The number of halogens is 3. The van der Waals surface area contributed by atoms with Gasteiger partial charge < -0.3 is 5.32 Å². The zero-order valence-electron chi connectivity index (χ0n) is 9.71. The molecule has 0 bridgehead atoms. The fraction of sp³-hybridized carbons (Fsp3) is 0.231. The summed E-state index contributed by atoms with van der Waals surface area (Å²) in [6.07, 6.45) is 0. The molecule has 1 unspecified atom stereocenters. The lowest BCUT2D eigenvalue weighted by molar-refractivity contribution is 0.579. The summed E-state index contributed by atoms with van der Waals surface area (Å²) in [4.78, 5) is 1.29. The molecular weight excluding hydrogens is 397 g/mol. The molecule has 1 N–H and O–H groups in total. The van der Waals surface area contributed by atoms with Crippen LogP contribution in [-0.4, -0.2) is 0 Å². The predicted octanol–water partition coefficient (Wildman–Crippen LogP) is 5.78. The third-order valence-corrected chi connectivity index (χ3v) is 6.12. The minimum Gasteiger partial charge on any atom is -0.305 e. The molecule has 0 saturated carbocycles. The Balaban J connectivity index is 1.98. The van der Waals surface area contributed by atoms with Gasteiger partial charge >= 0.3 is 0 Å². The molecule has 0 aliphatic rings. The first-order chi connectivity index (χ1) is 8.56. The number of hydrogen-bond donors (Lipinski definition) is 1. The van der Waals surface area contributed by atoms with Gasteiger partial charge in [0.25, 0.3) is 0 Å². The van der Waals surface area contributed by atoms with E-state index >= 15 is 0 Å². The molecule has 0 amide bonds. The van der Waals surface area contributed by atoms with Crippen molar-refractivity contribution in [3.05, 3.63) is 54.1 Å². The van der Waals surface area contributed by atoms with Gasteiger partial charge in [0.2, 0.25) is 0 Å². The molecule has 1 heterocycles. The quantitative estimate of drug-likeness (QED) is 0.675.